The predicted octanol–water partition coefficient (Wildman–Crippen LogP) is 4.68. The lowest BCUT2D eigenvalue weighted by atomic mass is 9.76. The van der Waals surface area contributed by atoms with Crippen LogP contribution in [0.3, 0.4) is 0 Å². The molecule has 0 bridgehead atoms. The smallest absolute Gasteiger partial charge is 0.229 e. The number of furan rings is 1. The summed E-state index contributed by atoms with van der Waals surface area (Å²) in [6, 6.07) is 6.13. The van der Waals surface area contributed by atoms with Gasteiger partial charge in [0, 0.05) is 36.9 Å². The molecular weight excluding hydrogens is 404 g/mol. The van der Waals surface area contributed by atoms with Gasteiger partial charge in [-0.1, -0.05) is 25.0 Å². The van der Waals surface area contributed by atoms with E-state index >= 15 is 0 Å². The maximum absolute atomic E-state index is 12.6. The van der Waals surface area contributed by atoms with E-state index in [-0.39, 0.29) is 17.2 Å². The number of amides is 2. The van der Waals surface area contributed by atoms with E-state index in [1.54, 1.807) is 0 Å². The van der Waals surface area contributed by atoms with Gasteiger partial charge >= 0.3 is 0 Å². The molecule has 1 aromatic carbocycles. The number of piperidine rings is 1. The molecule has 2 amide bonds. The molecule has 1 spiro atoms. The van der Waals surface area contributed by atoms with Gasteiger partial charge in [-0.05, 0) is 57.1 Å². The summed E-state index contributed by atoms with van der Waals surface area (Å²) in [5, 5.41) is 1.17. The maximum atomic E-state index is 12.6. The quantitative estimate of drug-likeness (QED) is 0.464. The largest absolute Gasteiger partial charge is 0.490 e. The lowest BCUT2D eigenvalue weighted by Gasteiger charge is -2.37. The fourth-order valence-corrected chi connectivity index (χ4v) is 5.97. The van der Waals surface area contributed by atoms with E-state index in [2.05, 4.69) is 11.0 Å². The summed E-state index contributed by atoms with van der Waals surface area (Å²) in [5.41, 5.74) is 2.16. The predicted molar refractivity (Wildman–Crippen MR) is 122 cm³/mol. The molecule has 1 aliphatic carbocycles. The van der Waals surface area contributed by atoms with Crippen LogP contribution in [0.15, 0.2) is 22.6 Å². The van der Waals surface area contributed by atoms with Gasteiger partial charge in [0.25, 0.3) is 0 Å². The Morgan fingerprint density at radius 2 is 1.81 bits per heavy atom. The summed E-state index contributed by atoms with van der Waals surface area (Å²) in [6.45, 7) is 5.94. The number of carbonyl (C=O) groups is 2. The van der Waals surface area contributed by atoms with Gasteiger partial charge in [0.1, 0.15) is 5.76 Å². The second kappa shape index (κ2) is 8.89. The summed E-state index contributed by atoms with van der Waals surface area (Å²) in [7, 11) is 0. The maximum Gasteiger partial charge on any atom is 0.229 e. The van der Waals surface area contributed by atoms with Crippen molar-refractivity contribution in [3.63, 3.8) is 0 Å². The van der Waals surface area contributed by atoms with Crippen molar-refractivity contribution in [1.82, 2.24) is 9.80 Å². The summed E-state index contributed by atoms with van der Waals surface area (Å²) >= 11 is 0. The van der Waals surface area contributed by atoms with Gasteiger partial charge < -0.3 is 9.15 Å². The first-order chi connectivity index (χ1) is 15.6. The van der Waals surface area contributed by atoms with Crippen LogP contribution in [-0.4, -0.2) is 47.9 Å². The molecule has 1 aromatic heterocycles. The molecule has 6 nitrogen and oxygen atoms in total. The Kier molecular flexibility index (Phi) is 5.97. The molecule has 172 valence electrons. The molecule has 5 rings (SSSR count). The topological polar surface area (TPSA) is 63.0 Å². The van der Waals surface area contributed by atoms with Crippen LogP contribution in [0.1, 0.15) is 69.6 Å². The minimum atomic E-state index is -0.00914. The fraction of sp³-hybridized carbons (Fsp3) is 0.615. The van der Waals surface area contributed by atoms with Crippen molar-refractivity contribution in [3.8, 4) is 5.75 Å². The molecule has 2 fully saturated rings. The molecule has 6 heteroatoms. The van der Waals surface area contributed by atoms with Crippen molar-refractivity contribution in [2.24, 2.45) is 5.41 Å². The number of imide groups is 1. The SMILES string of the molecule is CCOc1cccc2c3c(oc12)CN(CCCCN1C(=O)CC2(CCCC2)CC1=O)CC3. The summed E-state index contributed by atoms with van der Waals surface area (Å²) in [4.78, 5) is 29.2. The van der Waals surface area contributed by atoms with Crippen molar-refractivity contribution in [2.75, 3.05) is 26.2 Å². The number of fused-ring (bicyclic) bond motifs is 3. The van der Waals surface area contributed by atoms with Crippen molar-refractivity contribution >= 4 is 22.8 Å². The van der Waals surface area contributed by atoms with E-state index in [0.717, 1.165) is 81.7 Å². The van der Waals surface area contributed by atoms with Crippen molar-refractivity contribution in [3.05, 3.63) is 29.5 Å². The highest BCUT2D eigenvalue weighted by Crippen LogP contribution is 2.47. The van der Waals surface area contributed by atoms with Crippen LogP contribution in [0.4, 0.5) is 0 Å². The molecule has 0 unspecified atom stereocenters. The van der Waals surface area contributed by atoms with Gasteiger partial charge in [0.15, 0.2) is 11.3 Å². The van der Waals surface area contributed by atoms with E-state index < -0.39 is 0 Å². The fourth-order valence-electron chi connectivity index (χ4n) is 5.97. The van der Waals surface area contributed by atoms with Gasteiger partial charge in [0.2, 0.25) is 11.8 Å². The Morgan fingerprint density at radius 3 is 2.56 bits per heavy atom. The second-order valence-corrected chi connectivity index (χ2v) is 9.80. The summed E-state index contributed by atoms with van der Waals surface area (Å²) < 4.78 is 12.0. The molecule has 0 radical (unpaired) electrons. The number of para-hydroxylation sites is 1. The van der Waals surface area contributed by atoms with Crippen LogP contribution in [0.25, 0.3) is 11.0 Å². The average Bonchev–Trinajstić information content (AvgIpc) is 3.37. The minimum Gasteiger partial charge on any atom is -0.490 e. The molecule has 0 atom stereocenters. The van der Waals surface area contributed by atoms with Crippen LogP contribution in [0, 0.1) is 5.41 Å². The van der Waals surface area contributed by atoms with E-state index in [9.17, 15) is 9.59 Å². The molecule has 3 heterocycles. The van der Waals surface area contributed by atoms with E-state index in [1.165, 1.54) is 15.8 Å². The van der Waals surface area contributed by atoms with E-state index in [4.69, 9.17) is 9.15 Å². The molecule has 3 aliphatic rings. The first-order valence-corrected chi connectivity index (χ1v) is 12.3. The third-order valence-corrected chi connectivity index (χ3v) is 7.64. The molecule has 0 N–H and O–H groups in total. The molecule has 1 saturated carbocycles. The molecular formula is C26H34N2O4. The summed E-state index contributed by atoms with van der Waals surface area (Å²) in [5.74, 6) is 1.97. The first-order valence-electron chi connectivity index (χ1n) is 12.3. The number of benzene rings is 1. The number of likely N-dealkylation sites (tertiary alicyclic amines) is 1. The first kappa shape index (κ1) is 21.5. The number of unbranched alkanes of at least 4 members (excludes halogenated alkanes) is 1. The Bertz CT molecular complexity index is 985. The monoisotopic (exact) mass is 438 g/mol. The average molecular weight is 439 g/mol. The van der Waals surface area contributed by atoms with Crippen LogP contribution in [0.2, 0.25) is 0 Å². The zero-order valence-electron chi connectivity index (χ0n) is 19.2. The van der Waals surface area contributed by atoms with Crippen LogP contribution in [0.5, 0.6) is 5.75 Å². The van der Waals surface area contributed by atoms with Crippen LogP contribution < -0.4 is 4.74 Å². The summed E-state index contributed by atoms with van der Waals surface area (Å²) in [6.07, 6.45) is 8.37. The lowest BCUT2D eigenvalue weighted by molar-refractivity contribution is -0.153. The Labute approximate surface area is 189 Å². The van der Waals surface area contributed by atoms with Gasteiger partial charge in [-0.3, -0.25) is 19.4 Å². The highest BCUT2D eigenvalue weighted by molar-refractivity contribution is 5.98. The van der Waals surface area contributed by atoms with Crippen molar-refractivity contribution in [1.29, 1.82) is 0 Å². The highest BCUT2D eigenvalue weighted by atomic mass is 16.5. The third kappa shape index (κ3) is 4.05. The van der Waals surface area contributed by atoms with Gasteiger partial charge in [0.05, 0.1) is 13.2 Å². The second-order valence-electron chi connectivity index (χ2n) is 9.80. The number of rotatable bonds is 7. The van der Waals surface area contributed by atoms with E-state index in [1.807, 2.05) is 19.1 Å². The molecule has 2 aliphatic heterocycles. The van der Waals surface area contributed by atoms with Gasteiger partial charge in [-0.15, -0.1) is 0 Å². The number of ether oxygens (including phenoxy) is 1. The van der Waals surface area contributed by atoms with Crippen LogP contribution >= 0.6 is 0 Å². The molecule has 32 heavy (non-hydrogen) atoms. The van der Waals surface area contributed by atoms with E-state index in [0.29, 0.717) is 26.0 Å². The Hall–Kier alpha value is -2.34. The lowest BCUT2D eigenvalue weighted by Crippen LogP contribution is -2.47. The third-order valence-electron chi connectivity index (χ3n) is 7.64. The zero-order chi connectivity index (χ0) is 22.1. The number of nitrogens with zero attached hydrogens (tertiary/aromatic N) is 2. The Balaban J connectivity index is 1.13. The number of hydrogen-bond donors (Lipinski definition) is 0. The van der Waals surface area contributed by atoms with Crippen LogP contribution in [-0.2, 0) is 22.6 Å². The number of hydrogen-bond acceptors (Lipinski definition) is 5. The minimum absolute atomic E-state index is 0.00914. The van der Waals surface area contributed by atoms with Crippen molar-refractivity contribution in [2.45, 2.75) is 71.3 Å². The normalized spacial score (nSPS) is 21.0. The molecule has 1 saturated heterocycles. The molecule has 2 aromatic rings. The van der Waals surface area contributed by atoms with Gasteiger partial charge in [-0.25, -0.2) is 0 Å². The van der Waals surface area contributed by atoms with Crippen molar-refractivity contribution < 1.29 is 18.7 Å². The Morgan fingerprint density at radius 1 is 1.06 bits per heavy atom. The van der Waals surface area contributed by atoms with Gasteiger partial charge in [-0.2, -0.15) is 0 Å². The highest BCUT2D eigenvalue weighted by Gasteiger charge is 2.44. The zero-order valence-corrected chi connectivity index (χ0v) is 19.2. The standard InChI is InChI=1S/C26H34N2O4/c1-2-31-21-9-7-8-20-19-10-15-27(18-22(19)32-25(20)21)13-5-6-14-28-23(29)16-26(17-24(28)30)11-3-4-12-26/h7-9H,2-6,10-18H2,1H3. The number of carbonyl (C=O) groups excluding carboxylic acids is 2.